The number of methoxy groups -OCH3 is 2. The van der Waals surface area contributed by atoms with Crippen LogP contribution in [0.4, 0.5) is 23.1 Å². The molecule has 0 atom stereocenters. The zero-order valence-electron chi connectivity index (χ0n) is 15.1. The zero-order valence-corrected chi connectivity index (χ0v) is 15.1. The summed E-state index contributed by atoms with van der Waals surface area (Å²) in [6.07, 6.45) is 2.65. The maximum absolute atomic E-state index is 5.33. The van der Waals surface area contributed by atoms with E-state index >= 15 is 0 Å². The molecule has 0 amide bonds. The van der Waals surface area contributed by atoms with E-state index in [2.05, 4.69) is 33.6 Å². The van der Waals surface area contributed by atoms with Gasteiger partial charge in [0, 0.05) is 23.6 Å². The van der Waals surface area contributed by atoms with Gasteiger partial charge in [-0.05, 0) is 36.2 Å². The summed E-state index contributed by atoms with van der Waals surface area (Å²) in [6, 6.07) is 15.6. The molecule has 0 radical (unpaired) electrons. The topological polar surface area (TPSA) is 68.3 Å². The molecule has 3 rings (SSSR count). The number of hydrogen-bond acceptors (Lipinski definition) is 6. The van der Waals surface area contributed by atoms with E-state index in [0.29, 0.717) is 23.3 Å². The van der Waals surface area contributed by atoms with Crippen molar-refractivity contribution < 1.29 is 9.47 Å². The van der Waals surface area contributed by atoms with Crippen LogP contribution in [0.2, 0.25) is 0 Å². The van der Waals surface area contributed by atoms with Crippen molar-refractivity contribution in [3.8, 4) is 11.5 Å². The van der Waals surface area contributed by atoms with Gasteiger partial charge in [-0.2, -0.15) is 4.98 Å². The molecule has 3 aromatic rings. The van der Waals surface area contributed by atoms with Gasteiger partial charge in [0.05, 0.1) is 14.2 Å². The first-order valence-electron chi connectivity index (χ1n) is 8.40. The summed E-state index contributed by atoms with van der Waals surface area (Å²) >= 11 is 0. The predicted octanol–water partition coefficient (Wildman–Crippen LogP) is 4.54. The van der Waals surface area contributed by atoms with Gasteiger partial charge >= 0.3 is 0 Å². The smallest absolute Gasteiger partial charge is 0.229 e. The first kappa shape index (κ1) is 17.5. The molecule has 6 heteroatoms. The molecule has 2 aromatic carbocycles. The summed E-state index contributed by atoms with van der Waals surface area (Å²) in [5, 5.41) is 6.54. The van der Waals surface area contributed by atoms with Gasteiger partial charge in [-0.3, -0.25) is 0 Å². The maximum Gasteiger partial charge on any atom is 0.229 e. The van der Waals surface area contributed by atoms with Crippen molar-refractivity contribution in [1.82, 2.24) is 9.97 Å². The van der Waals surface area contributed by atoms with Gasteiger partial charge in [-0.15, -0.1) is 0 Å². The van der Waals surface area contributed by atoms with E-state index in [1.807, 2.05) is 42.5 Å². The van der Waals surface area contributed by atoms with E-state index in [-0.39, 0.29) is 0 Å². The molecule has 1 aromatic heterocycles. The normalized spacial score (nSPS) is 10.3. The molecule has 0 fully saturated rings. The quantitative estimate of drug-likeness (QED) is 0.652. The molecule has 1 heterocycles. The van der Waals surface area contributed by atoms with Gasteiger partial charge in [-0.25, -0.2) is 4.98 Å². The van der Waals surface area contributed by atoms with Crippen LogP contribution in [0, 0.1) is 0 Å². The van der Waals surface area contributed by atoms with Crippen LogP contribution in [-0.2, 0) is 6.42 Å². The van der Waals surface area contributed by atoms with Crippen molar-refractivity contribution in [2.24, 2.45) is 0 Å². The zero-order chi connectivity index (χ0) is 18.4. The number of rotatable bonds is 7. The number of hydrogen-bond donors (Lipinski definition) is 2. The Morgan fingerprint density at radius 1 is 0.923 bits per heavy atom. The minimum atomic E-state index is 0.538. The molecule has 0 bridgehead atoms. The van der Waals surface area contributed by atoms with E-state index in [0.717, 1.165) is 17.8 Å². The van der Waals surface area contributed by atoms with E-state index in [1.165, 1.54) is 5.56 Å². The summed E-state index contributed by atoms with van der Waals surface area (Å²) in [5.74, 6) is 2.56. The number of nitrogens with zero attached hydrogens (tertiary/aromatic N) is 2. The molecule has 0 aliphatic carbocycles. The van der Waals surface area contributed by atoms with Gasteiger partial charge in [0.2, 0.25) is 5.95 Å². The molecule has 2 N–H and O–H groups in total. The number of anilines is 4. The van der Waals surface area contributed by atoms with Crippen LogP contribution >= 0.6 is 0 Å². The number of nitrogens with one attached hydrogen (secondary N) is 2. The second-order valence-corrected chi connectivity index (χ2v) is 5.60. The second-order valence-electron chi connectivity index (χ2n) is 5.60. The number of benzene rings is 2. The monoisotopic (exact) mass is 350 g/mol. The van der Waals surface area contributed by atoms with Gasteiger partial charge in [0.15, 0.2) is 11.5 Å². The lowest BCUT2D eigenvalue weighted by molar-refractivity contribution is 0.355. The minimum Gasteiger partial charge on any atom is -0.493 e. The summed E-state index contributed by atoms with van der Waals surface area (Å²) in [4.78, 5) is 8.84. The third-order valence-electron chi connectivity index (χ3n) is 3.96. The minimum absolute atomic E-state index is 0.538. The summed E-state index contributed by atoms with van der Waals surface area (Å²) < 4.78 is 10.6. The van der Waals surface area contributed by atoms with E-state index in [9.17, 15) is 0 Å². The SMILES string of the molecule is CCc1ccccc1Nc1nccc(Nc2ccc(OC)c(OC)c2)n1. The van der Waals surface area contributed by atoms with Crippen molar-refractivity contribution in [3.63, 3.8) is 0 Å². The fourth-order valence-electron chi connectivity index (χ4n) is 2.62. The van der Waals surface area contributed by atoms with Gasteiger partial charge in [0.1, 0.15) is 5.82 Å². The second kappa shape index (κ2) is 8.20. The summed E-state index contributed by atoms with van der Waals surface area (Å²) in [6.45, 7) is 2.12. The van der Waals surface area contributed by atoms with E-state index in [4.69, 9.17) is 9.47 Å². The Kier molecular flexibility index (Phi) is 5.53. The van der Waals surface area contributed by atoms with Crippen molar-refractivity contribution in [1.29, 1.82) is 0 Å². The Bertz CT molecular complexity index is 883. The number of aromatic nitrogens is 2. The molecule has 0 aliphatic heterocycles. The third-order valence-corrected chi connectivity index (χ3v) is 3.96. The Labute approximate surface area is 153 Å². The van der Waals surface area contributed by atoms with E-state index in [1.54, 1.807) is 20.4 Å². The van der Waals surface area contributed by atoms with E-state index < -0.39 is 0 Å². The number of para-hydroxylation sites is 1. The van der Waals surface area contributed by atoms with Gasteiger partial charge in [0.25, 0.3) is 0 Å². The highest BCUT2D eigenvalue weighted by atomic mass is 16.5. The van der Waals surface area contributed by atoms with Crippen molar-refractivity contribution in [3.05, 3.63) is 60.3 Å². The van der Waals surface area contributed by atoms with Crippen LogP contribution in [0.15, 0.2) is 54.7 Å². The van der Waals surface area contributed by atoms with Crippen LogP contribution in [-0.4, -0.2) is 24.2 Å². The molecule has 0 spiro atoms. The van der Waals surface area contributed by atoms with Gasteiger partial charge in [-0.1, -0.05) is 25.1 Å². The largest absolute Gasteiger partial charge is 0.493 e. The number of ether oxygens (including phenoxy) is 2. The summed E-state index contributed by atoms with van der Waals surface area (Å²) in [7, 11) is 3.22. The highest BCUT2D eigenvalue weighted by Gasteiger charge is 2.07. The lowest BCUT2D eigenvalue weighted by Gasteiger charge is -2.12. The molecule has 6 nitrogen and oxygen atoms in total. The molecule has 0 aliphatic rings. The predicted molar refractivity (Wildman–Crippen MR) is 104 cm³/mol. The standard InChI is InChI=1S/C20H22N4O2/c1-4-14-7-5-6-8-16(14)23-20-21-12-11-19(24-20)22-15-9-10-17(25-2)18(13-15)26-3/h5-13H,4H2,1-3H3,(H2,21,22,23,24). The first-order valence-corrected chi connectivity index (χ1v) is 8.40. The Morgan fingerprint density at radius 3 is 2.50 bits per heavy atom. The van der Waals surface area contributed by atoms with Crippen LogP contribution in [0.3, 0.4) is 0 Å². The first-order chi connectivity index (χ1) is 12.7. The molecule has 134 valence electrons. The van der Waals surface area contributed by atoms with Crippen molar-refractivity contribution in [2.75, 3.05) is 24.9 Å². The van der Waals surface area contributed by atoms with Crippen LogP contribution in [0.5, 0.6) is 11.5 Å². The van der Waals surface area contributed by atoms with Crippen LogP contribution in [0.25, 0.3) is 0 Å². The molecular formula is C20H22N4O2. The maximum atomic E-state index is 5.33. The fourth-order valence-corrected chi connectivity index (χ4v) is 2.62. The third kappa shape index (κ3) is 4.03. The van der Waals surface area contributed by atoms with Crippen molar-refractivity contribution >= 4 is 23.1 Å². The molecule has 26 heavy (non-hydrogen) atoms. The van der Waals surface area contributed by atoms with Crippen molar-refractivity contribution in [2.45, 2.75) is 13.3 Å². The molecule has 0 unspecified atom stereocenters. The average molecular weight is 350 g/mol. The average Bonchev–Trinajstić information content (AvgIpc) is 2.68. The highest BCUT2D eigenvalue weighted by Crippen LogP contribution is 2.31. The molecular weight excluding hydrogens is 328 g/mol. The lowest BCUT2D eigenvalue weighted by Crippen LogP contribution is -2.02. The van der Waals surface area contributed by atoms with Crippen LogP contribution < -0.4 is 20.1 Å². The Balaban J connectivity index is 1.79. The van der Waals surface area contributed by atoms with Gasteiger partial charge < -0.3 is 20.1 Å². The summed E-state index contributed by atoms with van der Waals surface area (Å²) in [5.41, 5.74) is 3.08. The molecule has 0 saturated carbocycles. The van der Waals surface area contributed by atoms with Crippen LogP contribution in [0.1, 0.15) is 12.5 Å². The lowest BCUT2D eigenvalue weighted by atomic mass is 10.1. The Hall–Kier alpha value is -3.28. The fraction of sp³-hybridized carbons (Fsp3) is 0.200. The number of aryl methyl sites for hydroxylation is 1. The highest BCUT2D eigenvalue weighted by molar-refractivity contribution is 5.63. The Morgan fingerprint density at radius 2 is 1.73 bits per heavy atom. The molecule has 0 saturated heterocycles.